The Bertz CT molecular complexity index is 89.8. The molecule has 0 aromatic carbocycles. The van der Waals surface area contributed by atoms with Gasteiger partial charge in [0.1, 0.15) is 0 Å². The largest absolute Gasteiger partial charge is 0.346 e. The third kappa shape index (κ3) is 9.15. The van der Waals surface area contributed by atoms with Crippen molar-refractivity contribution < 1.29 is 55.4 Å². The number of carbonyl (C=O) groups excluding carboxylic acids is 1. The predicted molar refractivity (Wildman–Crippen MR) is 33.6 cm³/mol. The Morgan fingerprint density at radius 3 is 2.00 bits per heavy atom. The maximum Gasteiger partial charge on any atom is 0.219 e. The van der Waals surface area contributed by atoms with Crippen LogP contribution in [-0.2, 0) is 24.3 Å². The van der Waals surface area contributed by atoms with Crippen LogP contribution in [0.2, 0.25) is 0 Å². The van der Waals surface area contributed by atoms with Crippen molar-refractivity contribution in [1.29, 1.82) is 0 Å². The first kappa shape index (κ1) is 17.3. The van der Waals surface area contributed by atoms with Crippen molar-refractivity contribution in [1.82, 2.24) is 4.90 Å². The Balaban J connectivity index is -0.000000245. The molecule has 61 valence electrons. The molecule has 0 rings (SSSR count). The van der Waals surface area contributed by atoms with Crippen LogP contribution in [0.4, 0.5) is 0 Å². The Labute approximate surface area is 99.2 Å². The monoisotopic (exact) mass is 456 g/mol. The van der Waals surface area contributed by atoms with Gasteiger partial charge >= 0.3 is 0 Å². The van der Waals surface area contributed by atoms with Gasteiger partial charge < -0.3 is 4.90 Å². The Hall–Kier alpha value is 1.15. The minimum Gasteiger partial charge on any atom is -0.346 e. The van der Waals surface area contributed by atoms with E-state index in [4.69, 9.17) is 0 Å². The maximum atomic E-state index is 10.5. The van der Waals surface area contributed by atoms with Gasteiger partial charge in [-0.2, -0.15) is 0 Å². The van der Waals surface area contributed by atoms with Crippen LogP contribution in [0.25, 0.3) is 0 Å². The normalized spacial score (nSPS) is 7.10. The van der Waals surface area contributed by atoms with Crippen molar-refractivity contribution in [2.24, 2.45) is 0 Å². The molecule has 0 fully saturated rings. The van der Waals surface area contributed by atoms with Crippen LogP contribution >= 0.6 is 0 Å². The summed E-state index contributed by atoms with van der Waals surface area (Å²) in [5, 5.41) is 0. The minimum atomic E-state index is 0. The second-order valence-electron chi connectivity index (χ2n) is 1.94. The molecule has 0 saturated carbocycles. The summed E-state index contributed by atoms with van der Waals surface area (Å²) in [7, 11) is 1.81. The van der Waals surface area contributed by atoms with E-state index in [1.54, 1.807) is 11.8 Å². The van der Waals surface area contributed by atoms with Crippen LogP contribution in [0.5, 0.6) is 0 Å². The van der Waals surface area contributed by atoms with E-state index in [0.717, 1.165) is 13.0 Å². The molecule has 0 aromatic rings. The summed E-state index contributed by atoms with van der Waals surface area (Å²) >= 11 is 0. The van der Waals surface area contributed by atoms with Gasteiger partial charge in [0, 0.05) is 71.1 Å². The molecule has 0 spiro atoms. The Morgan fingerprint density at radius 2 is 1.90 bits per heavy atom. The van der Waals surface area contributed by atoms with Crippen LogP contribution in [0, 0.1) is 31.1 Å². The smallest absolute Gasteiger partial charge is 0.219 e. The molecule has 0 unspecified atom stereocenters. The van der Waals surface area contributed by atoms with Crippen molar-refractivity contribution in [3.8, 4) is 0 Å². The summed E-state index contributed by atoms with van der Waals surface area (Å²) in [6.45, 7) is 4.50. The zero-order valence-corrected chi connectivity index (χ0v) is 12.4. The number of hydrogen-bond donors (Lipinski definition) is 0. The molecular weight excluding hydrogens is 443 g/mol. The number of rotatable bonds is 2. The molecule has 1 radical (unpaired) electrons. The summed E-state index contributed by atoms with van der Waals surface area (Å²) in [5.74, 6) is 0.145. The van der Waals surface area contributed by atoms with E-state index < -0.39 is 0 Å². The average molecular weight is 456 g/mol. The van der Waals surface area contributed by atoms with Gasteiger partial charge in [-0.1, -0.05) is 6.92 Å². The molecule has 0 aromatic heterocycles. The molecule has 0 saturated heterocycles. The molecule has 2 nitrogen and oxygen atoms in total. The zero-order valence-electron chi connectivity index (χ0n) is 6.60. The first-order chi connectivity index (χ1) is 3.68. The summed E-state index contributed by atoms with van der Waals surface area (Å²) in [4.78, 5) is 12.2. The first-order valence-electron chi connectivity index (χ1n) is 2.90. The molecule has 0 N–H and O–H groups in total. The molecule has 0 aliphatic heterocycles. The number of nitrogens with zero attached hydrogens (tertiary/aromatic N) is 1. The van der Waals surface area contributed by atoms with Gasteiger partial charge in [-0.25, -0.2) is 0 Å². The molecule has 0 aliphatic rings. The summed E-state index contributed by atoms with van der Waals surface area (Å²) in [6.07, 6.45) is 1.04. The van der Waals surface area contributed by atoms with E-state index >= 15 is 0 Å². The van der Waals surface area contributed by atoms with Crippen LogP contribution in [0.15, 0.2) is 0 Å². The summed E-state index contributed by atoms with van der Waals surface area (Å²) < 4.78 is 0. The summed E-state index contributed by atoms with van der Waals surface area (Å²) in [5.41, 5.74) is 0. The van der Waals surface area contributed by atoms with E-state index in [-0.39, 0.29) is 56.5 Å². The fourth-order valence-corrected chi connectivity index (χ4v) is 0.493. The summed E-state index contributed by atoms with van der Waals surface area (Å²) in [6, 6.07) is 0. The number of carbonyl (C=O) groups is 1. The van der Waals surface area contributed by atoms with Crippen LogP contribution in [0.1, 0.15) is 20.3 Å². The fraction of sp³-hybridized carbons (Fsp3) is 0.833. The van der Waals surface area contributed by atoms with Gasteiger partial charge in [0.25, 0.3) is 0 Å². The van der Waals surface area contributed by atoms with E-state index in [9.17, 15) is 4.79 Å². The second-order valence-corrected chi connectivity index (χ2v) is 1.94. The van der Waals surface area contributed by atoms with Gasteiger partial charge in [0.05, 0.1) is 0 Å². The maximum absolute atomic E-state index is 10.5. The third-order valence-electron chi connectivity index (χ3n) is 1.10. The molecule has 0 aliphatic carbocycles. The van der Waals surface area contributed by atoms with Crippen molar-refractivity contribution in [3.63, 3.8) is 0 Å². The molecular formula is C6H13NORhU. The first-order valence-corrected chi connectivity index (χ1v) is 2.90. The topological polar surface area (TPSA) is 20.3 Å². The number of amides is 1. The molecule has 1 amide bonds. The van der Waals surface area contributed by atoms with E-state index in [1.165, 1.54) is 0 Å². The van der Waals surface area contributed by atoms with Crippen LogP contribution in [0.3, 0.4) is 0 Å². The molecule has 0 atom stereocenters. The van der Waals surface area contributed by atoms with Gasteiger partial charge in [-0.15, -0.1) is 0 Å². The third-order valence-corrected chi connectivity index (χ3v) is 1.10. The van der Waals surface area contributed by atoms with Gasteiger partial charge in [0.15, 0.2) is 0 Å². The molecule has 0 heterocycles. The number of hydrogen-bond acceptors (Lipinski definition) is 1. The molecule has 4 heteroatoms. The standard InChI is InChI=1S/C6H13NO.Rh.U/c1-4-5-7(3)6(2)8;;/h4-5H2,1-3H3;;. The Kier molecular flexibility index (Phi) is 17.5. The average Bonchev–Trinajstić information content (AvgIpc) is 1.67. The second kappa shape index (κ2) is 10.1. The van der Waals surface area contributed by atoms with Crippen LogP contribution in [-0.4, -0.2) is 24.4 Å². The molecule has 0 bridgehead atoms. The SMILES string of the molecule is CCCN(C)C(C)=O.[Rh].[U]. The van der Waals surface area contributed by atoms with Crippen molar-refractivity contribution >= 4 is 5.91 Å². The quantitative estimate of drug-likeness (QED) is 0.566. The molecule has 10 heavy (non-hydrogen) atoms. The van der Waals surface area contributed by atoms with Crippen molar-refractivity contribution in [2.45, 2.75) is 20.3 Å². The van der Waals surface area contributed by atoms with Gasteiger partial charge in [-0.05, 0) is 6.42 Å². The minimum absolute atomic E-state index is 0. The van der Waals surface area contributed by atoms with Crippen molar-refractivity contribution in [2.75, 3.05) is 13.6 Å². The van der Waals surface area contributed by atoms with E-state index in [2.05, 4.69) is 6.92 Å². The van der Waals surface area contributed by atoms with Crippen molar-refractivity contribution in [3.05, 3.63) is 0 Å². The van der Waals surface area contributed by atoms with Crippen LogP contribution < -0.4 is 0 Å². The van der Waals surface area contributed by atoms with E-state index in [1.807, 2.05) is 7.05 Å². The zero-order chi connectivity index (χ0) is 6.57. The Morgan fingerprint density at radius 1 is 1.50 bits per heavy atom. The van der Waals surface area contributed by atoms with Gasteiger partial charge in [0.2, 0.25) is 5.91 Å². The fourth-order valence-electron chi connectivity index (χ4n) is 0.493. The predicted octanol–water partition coefficient (Wildman–Crippen LogP) is 0.872. The van der Waals surface area contributed by atoms with Gasteiger partial charge in [-0.3, -0.25) is 4.79 Å². The van der Waals surface area contributed by atoms with E-state index in [0.29, 0.717) is 0 Å².